The van der Waals surface area contributed by atoms with Gasteiger partial charge in [0.05, 0.1) is 34.3 Å². The van der Waals surface area contributed by atoms with Crippen LogP contribution in [0.4, 0.5) is 26.3 Å². The lowest BCUT2D eigenvalue weighted by molar-refractivity contribution is -0.101. The van der Waals surface area contributed by atoms with Crippen molar-refractivity contribution in [2.24, 2.45) is 0 Å². The van der Waals surface area contributed by atoms with Crippen LogP contribution in [0.5, 0.6) is 0 Å². The van der Waals surface area contributed by atoms with Crippen LogP contribution in [-0.2, 0) is 0 Å². The van der Waals surface area contributed by atoms with Crippen molar-refractivity contribution in [2.45, 2.75) is 18.4 Å². The standard InChI is InChI=1S/C19H11F6N5/c20-18(21,22)12-8-14(19(23,24)25)30-17(11(12)9-26)15(27)16-10(4-3-7-29-16)13-5-1-2-6-28-13/h1-8,17,27,30H. The molecule has 0 aliphatic carbocycles. The Hall–Kier alpha value is -3.68. The van der Waals surface area contributed by atoms with Crippen LogP contribution < -0.4 is 5.32 Å². The fourth-order valence-electron chi connectivity index (χ4n) is 2.87. The molecule has 0 spiro atoms. The van der Waals surface area contributed by atoms with Crippen molar-refractivity contribution < 1.29 is 26.3 Å². The van der Waals surface area contributed by atoms with Crippen LogP contribution >= 0.6 is 0 Å². The van der Waals surface area contributed by atoms with Gasteiger partial charge in [-0.1, -0.05) is 6.07 Å². The molecule has 1 atom stereocenters. The Kier molecular flexibility index (Phi) is 5.35. The number of allylic oxidation sites excluding steroid dienone is 3. The van der Waals surface area contributed by atoms with Crippen LogP contribution in [0.1, 0.15) is 5.69 Å². The Balaban J connectivity index is 2.16. The quantitative estimate of drug-likeness (QED) is 0.569. The molecule has 0 aromatic carbocycles. The molecule has 5 nitrogen and oxygen atoms in total. The fourth-order valence-corrected chi connectivity index (χ4v) is 2.87. The van der Waals surface area contributed by atoms with Crippen molar-refractivity contribution in [1.82, 2.24) is 15.3 Å². The van der Waals surface area contributed by atoms with Crippen LogP contribution in [0, 0.1) is 16.7 Å². The predicted octanol–water partition coefficient (Wildman–Crippen LogP) is 4.31. The Labute approximate surface area is 165 Å². The monoisotopic (exact) mass is 423 g/mol. The van der Waals surface area contributed by atoms with Gasteiger partial charge in [0.25, 0.3) is 0 Å². The minimum atomic E-state index is -5.23. The second kappa shape index (κ2) is 7.62. The maximum Gasteiger partial charge on any atom is 0.430 e. The molecule has 1 unspecified atom stereocenters. The predicted molar refractivity (Wildman–Crippen MR) is 94.1 cm³/mol. The van der Waals surface area contributed by atoms with Crippen molar-refractivity contribution >= 4 is 5.71 Å². The summed E-state index contributed by atoms with van der Waals surface area (Å²) >= 11 is 0. The molecule has 2 aromatic rings. The Bertz CT molecular complexity index is 1080. The number of rotatable bonds is 3. The topological polar surface area (TPSA) is 85.5 Å². The highest BCUT2D eigenvalue weighted by Gasteiger charge is 2.46. The molecule has 11 heteroatoms. The van der Waals surface area contributed by atoms with Gasteiger partial charge in [0.15, 0.2) is 0 Å². The second-order valence-corrected chi connectivity index (χ2v) is 6.10. The Morgan fingerprint density at radius 1 is 1.00 bits per heavy atom. The summed E-state index contributed by atoms with van der Waals surface area (Å²) in [5.74, 6) is 0. The van der Waals surface area contributed by atoms with E-state index in [0.717, 1.165) is 0 Å². The van der Waals surface area contributed by atoms with Gasteiger partial charge in [0.1, 0.15) is 11.7 Å². The molecule has 0 amide bonds. The number of halogens is 6. The van der Waals surface area contributed by atoms with Gasteiger partial charge in [0.2, 0.25) is 0 Å². The highest BCUT2D eigenvalue weighted by molar-refractivity contribution is 6.07. The molecule has 0 bridgehead atoms. The average Bonchev–Trinajstić information content (AvgIpc) is 2.71. The van der Waals surface area contributed by atoms with Gasteiger partial charge in [-0.25, -0.2) is 0 Å². The number of nitriles is 1. The van der Waals surface area contributed by atoms with E-state index in [1.54, 1.807) is 18.2 Å². The molecule has 30 heavy (non-hydrogen) atoms. The Morgan fingerprint density at radius 3 is 2.27 bits per heavy atom. The highest BCUT2D eigenvalue weighted by Crippen LogP contribution is 2.38. The van der Waals surface area contributed by atoms with Crippen LogP contribution in [0.2, 0.25) is 0 Å². The molecule has 2 aromatic heterocycles. The van der Waals surface area contributed by atoms with E-state index in [-0.39, 0.29) is 17.3 Å². The van der Waals surface area contributed by atoms with Crippen molar-refractivity contribution in [3.05, 3.63) is 71.3 Å². The SMILES string of the molecule is N#CC1=C(C(F)(F)F)C=C(C(F)(F)F)NC1C(=N)c1ncccc1-c1ccccn1. The smallest absolute Gasteiger partial charge is 0.368 e. The zero-order valence-electron chi connectivity index (χ0n) is 14.8. The number of alkyl halides is 6. The van der Waals surface area contributed by atoms with Gasteiger partial charge in [-0.3, -0.25) is 9.97 Å². The zero-order chi connectivity index (χ0) is 22.1. The first-order chi connectivity index (χ1) is 14.0. The molecule has 0 fully saturated rings. The maximum atomic E-state index is 13.4. The average molecular weight is 423 g/mol. The number of hydrogen-bond acceptors (Lipinski definition) is 5. The molecule has 3 rings (SSSR count). The second-order valence-electron chi connectivity index (χ2n) is 6.10. The van der Waals surface area contributed by atoms with Gasteiger partial charge in [-0.15, -0.1) is 0 Å². The van der Waals surface area contributed by atoms with Crippen LogP contribution in [0.15, 0.2) is 65.6 Å². The maximum absolute atomic E-state index is 13.4. The molecule has 2 N–H and O–H groups in total. The lowest BCUT2D eigenvalue weighted by atomic mass is 9.90. The number of dihydropyridines is 1. The van der Waals surface area contributed by atoms with Gasteiger partial charge in [-0.05, 0) is 30.3 Å². The first kappa shape index (κ1) is 21.0. The van der Waals surface area contributed by atoms with Gasteiger partial charge in [-0.2, -0.15) is 31.6 Å². The van der Waals surface area contributed by atoms with Crippen molar-refractivity contribution in [3.8, 4) is 17.3 Å². The lowest BCUT2D eigenvalue weighted by Gasteiger charge is -2.29. The van der Waals surface area contributed by atoms with E-state index in [9.17, 15) is 31.6 Å². The molecular formula is C19H11F6N5. The molecule has 154 valence electrons. The molecule has 0 saturated carbocycles. The van der Waals surface area contributed by atoms with Crippen molar-refractivity contribution in [2.75, 3.05) is 0 Å². The van der Waals surface area contributed by atoms with E-state index in [1.807, 2.05) is 5.32 Å². The third-order valence-corrected chi connectivity index (χ3v) is 4.19. The van der Waals surface area contributed by atoms with E-state index >= 15 is 0 Å². The summed E-state index contributed by atoms with van der Waals surface area (Å²) in [7, 11) is 0. The van der Waals surface area contributed by atoms with E-state index in [4.69, 9.17) is 5.41 Å². The molecule has 1 aliphatic heterocycles. The van der Waals surface area contributed by atoms with E-state index in [2.05, 4.69) is 9.97 Å². The fraction of sp³-hybridized carbons (Fsp3) is 0.158. The molecule has 1 aliphatic rings. The zero-order valence-corrected chi connectivity index (χ0v) is 14.8. The van der Waals surface area contributed by atoms with E-state index in [0.29, 0.717) is 5.69 Å². The third kappa shape index (κ3) is 4.03. The number of pyridine rings is 2. The van der Waals surface area contributed by atoms with Gasteiger partial charge >= 0.3 is 12.4 Å². The van der Waals surface area contributed by atoms with Crippen LogP contribution in [0.3, 0.4) is 0 Å². The lowest BCUT2D eigenvalue weighted by Crippen LogP contribution is -2.45. The van der Waals surface area contributed by atoms with E-state index < -0.39 is 40.9 Å². The molecular weight excluding hydrogens is 412 g/mol. The minimum absolute atomic E-state index is 0.166. The van der Waals surface area contributed by atoms with Crippen molar-refractivity contribution in [3.63, 3.8) is 0 Å². The summed E-state index contributed by atoms with van der Waals surface area (Å²) in [6, 6.07) is 7.02. The van der Waals surface area contributed by atoms with E-state index in [1.165, 1.54) is 30.6 Å². The van der Waals surface area contributed by atoms with Crippen LogP contribution in [0.25, 0.3) is 11.3 Å². The van der Waals surface area contributed by atoms with Crippen LogP contribution in [-0.4, -0.2) is 34.1 Å². The largest absolute Gasteiger partial charge is 0.430 e. The molecule has 0 radical (unpaired) electrons. The number of nitrogens with zero attached hydrogens (tertiary/aromatic N) is 3. The first-order valence-electron chi connectivity index (χ1n) is 8.26. The summed E-state index contributed by atoms with van der Waals surface area (Å²) in [4.78, 5) is 8.03. The Morgan fingerprint density at radius 2 is 1.70 bits per heavy atom. The normalized spacial score (nSPS) is 17.1. The minimum Gasteiger partial charge on any atom is -0.368 e. The summed E-state index contributed by atoms with van der Waals surface area (Å²) in [6.45, 7) is 0. The first-order valence-corrected chi connectivity index (χ1v) is 8.26. The summed E-state index contributed by atoms with van der Waals surface area (Å²) in [6.07, 6.45) is -7.87. The summed E-state index contributed by atoms with van der Waals surface area (Å²) in [5, 5.41) is 19.5. The number of aromatic nitrogens is 2. The number of nitrogens with one attached hydrogen (secondary N) is 2. The summed E-state index contributed by atoms with van der Waals surface area (Å²) < 4.78 is 79.8. The van der Waals surface area contributed by atoms with Gasteiger partial charge in [0, 0.05) is 18.0 Å². The highest BCUT2D eigenvalue weighted by atomic mass is 19.4. The summed E-state index contributed by atoms with van der Waals surface area (Å²) in [5.41, 5.74) is -4.93. The molecule has 0 saturated heterocycles. The number of hydrogen-bond donors (Lipinski definition) is 2. The molecule has 3 heterocycles. The third-order valence-electron chi connectivity index (χ3n) is 4.19. The van der Waals surface area contributed by atoms with Crippen molar-refractivity contribution in [1.29, 1.82) is 10.7 Å². The van der Waals surface area contributed by atoms with Gasteiger partial charge < -0.3 is 10.7 Å².